The number of rotatable bonds is 4. The van der Waals surface area contributed by atoms with Gasteiger partial charge in [0, 0.05) is 0 Å². The predicted octanol–water partition coefficient (Wildman–Crippen LogP) is 0.306. The van der Waals surface area contributed by atoms with Gasteiger partial charge < -0.3 is 4.74 Å². The summed E-state index contributed by atoms with van der Waals surface area (Å²) in [6, 6.07) is 0. The van der Waals surface area contributed by atoms with Crippen LogP contribution in [0.3, 0.4) is 0 Å². The minimum atomic E-state index is -3.37. The summed E-state index contributed by atoms with van der Waals surface area (Å²) < 4.78 is 31.0. The Kier molecular flexibility index (Phi) is 2.14. The summed E-state index contributed by atoms with van der Waals surface area (Å²) in [5, 5.41) is 0. The molecule has 0 aromatic heterocycles. The van der Waals surface area contributed by atoms with Crippen molar-refractivity contribution >= 4 is 16.1 Å². The molecule has 0 N–H and O–H groups in total. The fourth-order valence-electron chi connectivity index (χ4n) is 2.82. The van der Waals surface area contributed by atoms with Gasteiger partial charge in [0.15, 0.2) is 0 Å². The van der Waals surface area contributed by atoms with Gasteiger partial charge in [0.1, 0.15) is 0 Å². The van der Waals surface area contributed by atoms with Crippen molar-refractivity contribution in [2.24, 2.45) is 10.8 Å². The molecule has 15 heavy (non-hydrogen) atoms. The third-order valence-electron chi connectivity index (χ3n) is 3.34. The van der Waals surface area contributed by atoms with Crippen molar-refractivity contribution < 1.29 is 22.1 Å². The molecule has 0 heterocycles. The highest BCUT2D eigenvalue weighted by Gasteiger charge is 2.72. The molecule has 3 aliphatic rings. The first kappa shape index (κ1) is 10.9. The molecule has 2 bridgehead atoms. The number of hydrogen-bond donors (Lipinski definition) is 0. The average molecular weight is 234 g/mol. The van der Waals surface area contributed by atoms with E-state index in [0.717, 1.165) is 6.26 Å². The maximum atomic E-state index is 11.3. The topological polar surface area (TPSA) is 69.7 Å². The Balaban J connectivity index is 1.86. The van der Waals surface area contributed by atoms with Crippen LogP contribution in [0.25, 0.3) is 0 Å². The number of ether oxygens (including phenoxy) is 1. The molecular formula is C9H14O5S. The third-order valence-corrected chi connectivity index (χ3v) is 3.88. The molecule has 6 heteroatoms. The fourth-order valence-corrected chi connectivity index (χ4v) is 3.28. The minimum Gasteiger partial charge on any atom is -0.469 e. The molecule has 0 aromatic rings. The average Bonchev–Trinajstić information content (AvgIpc) is 1.96. The Hall–Kier alpha value is -0.620. The van der Waals surface area contributed by atoms with Crippen LogP contribution >= 0.6 is 0 Å². The molecule has 0 atom stereocenters. The molecule has 0 radical (unpaired) electrons. The number of carbonyl (C=O) groups excluding carboxylic acids is 1. The van der Waals surface area contributed by atoms with E-state index in [1.54, 1.807) is 0 Å². The SMILES string of the molecule is COC(=O)C12CC(COS(C)(=O)=O)(C1)C2. The van der Waals surface area contributed by atoms with E-state index in [4.69, 9.17) is 4.18 Å². The lowest BCUT2D eigenvalue weighted by molar-refractivity contribution is -0.233. The monoisotopic (exact) mass is 234 g/mol. The van der Waals surface area contributed by atoms with Gasteiger partial charge in [-0.1, -0.05) is 0 Å². The van der Waals surface area contributed by atoms with E-state index in [2.05, 4.69) is 4.74 Å². The molecule has 3 saturated carbocycles. The Labute approximate surface area is 88.9 Å². The number of hydrogen-bond acceptors (Lipinski definition) is 5. The van der Waals surface area contributed by atoms with E-state index in [0.29, 0.717) is 19.3 Å². The molecule has 3 rings (SSSR count). The highest BCUT2D eigenvalue weighted by Crippen LogP contribution is 2.73. The normalized spacial score (nSPS) is 37.7. The van der Waals surface area contributed by atoms with Crippen molar-refractivity contribution in [3.63, 3.8) is 0 Å². The van der Waals surface area contributed by atoms with Gasteiger partial charge in [-0.2, -0.15) is 8.42 Å². The quantitative estimate of drug-likeness (QED) is 0.517. The first-order valence-corrected chi connectivity index (χ1v) is 6.55. The molecular weight excluding hydrogens is 220 g/mol. The zero-order valence-corrected chi connectivity index (χ0v) is 9.59. The number of methoxy groups -OCH3 is 1. The summed E-state index contributed by atoms with van der Waals surface area (Å²) in [7, 11) is -1.99. The van der Waals surface area contributed by atoms with Gasteiger partial charge >= 0.3 is 5.97 Å². The van der Waals surface area contributed by atoms with Crippen molar-refractivity contribution in [2.45, 2.75) is 19.3 Å². The van der Waals surface area contributed by atoms with Crippen molar-refractivity contribution in [3.05, 3.63) is 0 Å². The van der Waals surface area contributed by atoms with Crippen LogP contribution in [0.2, 0.25) is 0 Å². The highest BCUT2D eigenvalue weighted by atomic mass is 32.2. The van der Waals surface area contributed by atoms with Gasteiger partial charge in [-0.05, 0) is 24.7 Å². The summed E-state index contributed by atoms with van der Waals surface area (Å²) in [5.41, 5.74) is -0.410. The van der Waals surface area contributed by atoms with Crippen LogP contribution in [0.4, 0.5) is 0 Å². The molecule has 5 nitrogen and oxygen atoms in total. The molecule has 0 saturated heterocycles. The highest BCUT2D eigenvalue weighted by molar-refractivity contribution is 7.85. The van der Waals surface area contributed by atoms with Crippen molar-refractivity contribution in [3.8, 4) is 0 Å². The zero-order chi connectivity index (χ0) is 11.3. The second-order valence-corrected chi connectivity index (χ2v) is 6.41. The van der Waals surface area contributed by atoms with Crippen LogP contribution in [-0.4, -0.2) is 34.4 Å². The van der Waals surface area contributed by atoms with Gasteiger partial charge in [0.2, 0.25) is 0 Å². The van der Waals surface area contributed by atoms with Crippen molar-refractivity contribution in [1.82, 2.24) is 0 Å². The Morgan fingerprint density at radius 3 is 2.27 bits per heavy atom. The Morgan fingerprint density at radius 2 is 1.87 bits per heavy atom. The lowest BCUT2D eigenvalue weighted by atomic mass is 9.35. The zero-order valence-electron chi connectivity index (χ0n) is 8.78. The number of carbonyl (C=O) groups is 1. The molecule has 0 unspecified atom stereocenters. The predicted molar refractivity (Wildman–Crippen MR) is 51.5 cm³/mol. The second kappa shape index (κ2) is 2.95. The van der Waals surface area contributed by atoms with Gasteiger partial charge in [-0.15, -0.1) is 0 Å². The third kappa shape index (κ3) is 1.65. The standard InChI is InChI=1S/C9H14O5S/c1-13-7(10)9-3-8(4-9,5-9)6-14-15(2,11)12/h3-6H2,1-2H3. The first-order chi connectivity index (χ1) is 6.81. The van der Waals surface area contributed by atoms with Crippen molar-refractivity contribution in [2.75, 3.05) is 20.0 Å². The minimum absolute atomic E-state index is 0.0860. The summed E-state index contributed by atoms with van der Waals surface area (Å²) in [5.74, 6) is -0.177. The molecule has 3 fully saturated rings. The van der Waals surface area contributed by atoms with E-state index in [1.165, 1.54) is 7.11 Å². The molecule has 3 aliphatic carbocycles. The van der Waals surface area contributed by atoms with Crippen LogP contribution in [0.1, 0.15) is 19.3 Å². The van der Waals surface area contributed by atoms with Gasteiger partial charge in [-0.3, -0.25) is 8.98 Å². The van der Waals surface area contributed by atoms with E-state index in [9.17, 15) is 13.2 Å². The molecule has 86 valence electrons. The summed E-state index contributed by atoms with van der Waals surface area (Å²) in [4.78, 5) is 11.3. The number of esters is 1. The fraction of sp³-hybridized carbons (Fsp3) is 0.889. The summed E-state index contributed by atoms with van der Waals surface area (Å²) in [6.45, 7) is 0.199. The molecule has 0 spiro atoms. The second-order valence-electron chi connectivity index (χ2n) is 4.77. The van der Waals surface area contributed by atoms with Crippen LogP contribution in [0.15, 0.2) is 0 Å². The molecule has 0 amide bonds. The summed E-state index contributed by atoms with van der Waals surface area (Å²) >= 11 is 0. The maximum Gasteiger partial charge on any atom is 0.311 e. The van der Waals surface area contributed by atoms with E-state index >= 15 is 0 Å². The Bertz CT molecular complexity index is 377. The van der Waals surface area contributed by atoms with Crippen LogP contribution < -0.4 is 0 Å². The maximum absolute atomic E-state index is 11.3. The molecule has 0 aliphatic heterocycles. The van der Waals surface area contributed by atoms with Crippen LogP contribution in [0, 0.1) is 10.8 Å². The van der Waals surface area contributed by atoms with Crippen molar-refractivity contribution in [1.29, 1.82) is 0 Å². The van der Waals surface area contributed by atoms with Crippen LogP contribution in [-0.2, 0) is 23.8 Å². The van der Waals surface area contributed by atoms with E-state index < -0.39 is 10.1 Å². The molecule has 0 aromatic carbocycles. The lowest BCUT2D eigenvalue weighted by Gasteiger charge is -2.68. The van der Waals surface area contributed by atoms with Crippen LogP contribution in [0.5, 0.6) is 0 Å². The summed E-state index contributed by atoms with van der Waals surface area (Å²) in [6.07, 6.45) is 3.13. The largest absolute Gasteiger partial charge is 0.469 e. The van der Waals surface area contributed by atoms with Gasteiger partial charge in [0.25, 0.3) is 10.1 Å². The smallest absolute Gasteiger partial charge is 0.311 e. The van der Waals surface area contributed by atoms with Gasteiger partial charge in [0.05, 0.1) is 25.4 Å². The Morgan fingerprint density at radius 1 is 1.33 bits per heavy atom. The van der Waals surface area contributed by atoms with E-state index in [1.807, 2.05) is 0 Å². The first-order valence-electron chi connectivity index (χ1n) is 4.74. The van der Waals surface area contributed by atoms with E-state index in [-0.39, 0.29) is 23.4 Å². The lowest BCUT2D eigenvalue weighted by Crippen LogP contribution is -2.67. The van der Waals surface area contributed by atoms with Gasteiger partial charge in [-0.25, -0.2) is 0 Å².